The smallest absolute Gasteiger partial charge is 0.240 e. The highest BCUT2D eigenvalue weighted by atomic mass is 35.5. The number of sulfonamides is 1. The van der Waals surface area contributed by atoms with Crippen LogP contribution in [0.2, 0.25) is 0 Å². The summed E-state index contributed by atoms with van der Waals surface area (Å²) in [5.41, 5.74) is 6.70. The molecule has 3 rings (SSSR count). The van der Waals surface area contributed by atoms with Crippen LogP contribution in [0.15, 0.2) is 29.2 Å². The molecule has 0 radical (unpaired) electrons. The number of halogens is 1. The molecule has 2 unspecified atom stereocenters. The van der Waals surface area contributed by atoms with Gasteiger partial charge in [-0.2, -0.15) is 0 Å². The lowest BCUT2D eigenvalue weighted by Crippen LogP contribution is -2.39. The van der Waals surface area contributed by atoms with Crippen molar-refractivity contribution in [3.8, 4) is 0 Å². The summed E-state index contributed by atoms with van der Waals surface area (Å²) in [6.07, 6.45) is 6.05. The van der Waals surface area contributed by atoms with E-state index in [1.54, 1.807) is 24.3 Å². The highest BCUT2D eigenvalue weighted by molar-refractivity contribution is 7.89. The van der Waals surface area contributed by atoms with Gasteiger partial charge in [0.25, 0.3) is 0 Å². The molecule has 2 saturated carbocycles. The summed E-state index contributed by atoms with van der Waals surface area (Å²) < 4.78 is 26.9. The molecule has 1 aromatic carbocycles. The van der Waals surface area contributed by atoms with Crippen LogP contribution in [0.3, 0.4) is 0 Å². The number of nitrogens with one attached hydrogen (secondary N) is 2. The second-order valence-corrected chi connectivity index (χ2v) is 8.85. The van der Waals surface area contributed by atoms with Crippen LogP contribution in [0, 0.1) is 5.92 Å². The maximum Gasteiger partial charge on any atom is 0.240 e. The molecule has 0 bridgehead atoms. The van der Waals surface area contributed by atoms with Gasteiger partial charge in [-0.05, 0) is 62.3 Å². The summed E-state index contributed by atoms with van der Waals surface area (Å²) in [6.45, 7) is 0.621. The Kier molecular flexibility index (Phi) is 7.46. The summed E-state index contributed by atoms with van der Waals surface area (Å²) in [5.74, 6) is 0.435. The fraction of sp³-hybridized carbons (Fsp3) is 0.611. The summed E-state index contributed by atoms with van der Waals surface area (Å²) in [7, 11) is -3.41. The maximum atomic E-state index is 12.1. The molecule has 2 aliphatic rings. The molecule has 1 aromatic rings. The van der Waals surface area contributed by atoms with E-state index in [9.17, 15) is 13.2 Å². The van der Waals surface area contributed by atoms with Gasteiger partial charge >= 0.3 is 0 Å². The molecule has 26 heavy (non-hydrogen) atoms. The molecule has 0 heterocycles. The highest BCUT2D eigenvalue weighted by Crippen LogP contribution is 2.25. The second-order valence-electron chi connectivity index (χ2n) is 7.14. The van der Waals surface area contributed by atoms with Crippen LogP contribution >= 0.6 is 12.4 Å². The number of carbonyl (C=O) groups is 1. The highest BCUT2D eigenvalue weighted by Gasteiger charge is 2.28. The lowest BCUT2D eigenvalue weighted by atomic mass is 10.0. The SMILES string of the molecule is Cl.NCC1CCCC1NC(=O)CCc1ccc(S(=O)(=O)NC2CC2)cc1. The van der Waals surface area contributed by atoms with E-state index >= 15 is 0 Å². The molecule has 2 atom stereocenters. The molecular weight excluding hydrogens is 374 g/mol. The maximum absolute atomic E-state index is 12.1. The molecule has 1 amide bonds. The van der Waals surface area contributed by atoms with E-state index in [0.717, 1.165) is 37.7 Å². The lowest BCUT2D eigenvalue weighted by molar-refractivity contribution is -0.122. The predicted molar refractivity (Wildman–Crippen MR) is 104 cm³/mol. The molecule has 0 saturated heterocycles. The number of hydrogen-bond donors (Lipinski definition) is 3. The van der Waals surface area contributed by atoms with Crippen molar-refractivity contribution in [1.82, 2.24) is 10.0 Å². The Morgan fingerprint density at radius 1 is 1.12 bits per heavy atom. The fourth-order valence-electron chi connectivity index (χ4n) is 3.37. The average molecular weight is 402 g/mol. The van der Waals surface area contributed by atoms with E-state index in [1.807, 2.05) is 0 Å². The normalized spacial score (nSPS) is 22.7. The summed E-state index contributed by atoms with van der Waals surface area (Å²) in [5, 5.41) is 3.09. The van der Waals surface area contributed by atoms with E-state index in [0.29, 0.717) is 25.3 Å². The zero-order valence-electron chi connectivity index (χ0n) is 14.8. The van der Waals surface area contributed by atoms with Crippen LogP contribution in [0.25, 0.3) is 0 Å². The Bertz CT molecular complexity index is 705. The Labute approximate surface area is 161 Å². The Hall–Kier alpha value is -1.15. The van der Waals surface area contributed by atoms with Crippen LogP contribution < -0.4 is 15.8 Å². The van der Waals surface area contributed by atoms with E-state index in [-0.39, 0.29) is 35.3 Å². The fourth-order valence-corrected chi connectivity index (χ4v) is 4.67. The molecule has 6 nitrogen and oxygen atoms in total. The van der Waals surface area contributed by atoms with Crippen LogP contribution in [0.5, 0.6) is 0 Å². The van der Waals surface area contributed by atoms with Crippen molar-refractivity contribution >= 4 is 28.3 Å². The van der Waals surface area contributed by atoms with Crippen molar-refractivity contribution in [2.75, 3.05) is 6.54 Å². The number of aryl methyl sites for hydroxylation is 1. The standard InChI is InChI=1S/C18H27N3O3S.ClH/c19-12-14-2-1-3-17(14)20-18(22)11-6-13-4-9-16(10-5-13)25(23,24)21-15-7-8-15;/h4-5,9-10,14-15,17,21H,1-3,6-8,11-12,19H2,(H,20,22);1H. The Balaban J connectivity index is 0.00000243. The monoisotopic (exact) mass is 401 g/mol. The van der Waals surface area contributed by atoms with E-state index in [1.165, 1.54) is 0 Å². The molecule has 0 aliphatic heterocycles. The molecular formula is C18H28ClN3O3S. The van der Waals surface area contributed by atoms with Crippen molar-refractivity contribution in [1.29, 1.82) is 0 Å². The van der Waals surface area contributed by atoms with Crippen LogP contribution in [0.4, 0.5) is 0 Å². The van der Waals surface area contributed by atoms with Crippen LogP contribution in [-0.4, -0.2) is 33.0 Å². The number of amides is 1. The summed E-state index contributed by atoms with van der Waals surface area (Å²) in [4.78, 5) is 12.4. The van der Waals surface area contributed by atoms with E-state index in [2.05, 4.69) is 10.0 Å². The quantitative estimate of drug-likeness (QED) is 0.617. The van der Waals surface area contributed by atoms with Gasteiger partial charge in [0.2, 0.25) is 15.9 Å². The zero-order chi connectivity index (χ0) is 17.9. The first-order valence-electron chi connectivity index (χ1n) is 9.08. The van der Waals surface area contributed by atoms with Gasteiger partial charge in [-0.3, -0.25) is 4.79 Å². The topological polar surface area (TPSA) is 101 Å². The lowest BCUT2D eigenvalue weighted by Gasteiger charge is -2.19. The van der Waals surface area contributed by atoms with Gasteiger partial charge in [-0.1, -0.05) is 18.6 Å². The number of rotatable bonds is 8. The molecule has 4 N–H and O–H groups in total. The Morgan fingerprint density at radius 2 is 1.81 bits per heavy atom. The zero-order valence-corrected chi connectivity index (χ0v) is 16.4. The minimum atomic E-state index is -3.41. The molecule has 0 spiro atoms. The van der Waals surface area contributed by atoms with Gasteiger partial charge in [0, 0.05) is 18.5 Å². The third-order valence-electron chi connectivity index (χ3n) is 5.08. The van der Waals surface area contributed by atoms with Gasteiger partial charge in [0.05, 0.1) is 4.90 Å². The summed E-state index contributed by atoms with van der Waals surface area (Å²) >= 11 is 0. The van der Waals surface area contributed by atoms with Crippen LogP contribution in [0.1, 0.15) is 44.1 Å². The molecule has 2 aliphatic carbocycles. The third-order valence-corrected chi connectivity index (χ3v) is 6.62. The Morgan fingerprint density at radius 3 is 2.42 bits per heavy atom. The minimum absolute atomic E-state index is 0. The number of carbonyl (C=O) groups excluding carboxylic acids is 1. The molecule has 2 fully saturated rings. The first kappa shape index (κ1) is 21.2. The second kappa shape index (κ2) is 9.17. The average Bonchev–Trinajstić information content (AvgIpc) is 3.28. The number of benzene rings is 1. The van der Waals surface area contributed by atoms with Gasteiger partial charge in [0.1, 0.15) is 0 Å². The molecule has 8 heteroatoms. The number of hydrogen-bond acceptors (Lipinski definition) is 4. The largest absolute Gasteiger partial charge is 0.353 e. The van der Waals surface area contributed by atoms with Gasteiger partial charge < -0.3 is 11.1 Å². The van der Waals surface area contributed by atoms with E-state index < -0.39 is 10.0 Å². The first-order valence-corrected chi connectivity index (χ1v) is 10.6. The van der Waals surface area contributed by atoms with Crippen molar-refractivity contribution in [2.45, 2.75) is 61.9 Å². The number of nitrogens with two attached hydrogens (primary N) is 1. The third kappa shape index (κ3) is 5.67. The van der Waals surface area contributed by atoms with E-state index in [4.69, 9.17) is 5.73 Å². The van der Waals surface area contributed by atoms with Crippen molar-refractivity contribution in [2.24, 2.45) is 11.7 Å². The van der Waals surface area contributed by atoms with Crippen molar-refractivity contribution in [3.63, 3.8) is 0 Å². The van der Waals surface area contributed by atoms with Crippen molar-refractivity contribution < 1.29 is 13.2 Å². The molecule has 0 aromatic heterocycles. The minimum Gasteiger partial charge on any atom is -0.353 e. The van der Waals surface area contributed by atoms with Crippen LogP contribution in [-0.2, 0) is 21.2 Å². The molecule has 146 valence electrons. The van der Waals surface area contributed by atoms with Gasteiger partial charge in [-0.25, -0.2) is 13.1 Å². The van der Waals surface area contributed by atoms with Crippen molar-refractivity contribution in [3.05, 3.63) is 29.8 Å². The summed E-state index contributed by atoms with van der Waals surface area (Å²) in [6, 6.07) is 7.10. The van der Waals surface area contributed by atoms with Gasteiger partial charge in [0.15, 0.2) is 0 Å². The predicted octanol–water partition coefficient (Wildman–Crippen LogP) is 1.73. The first-order chi connectivity index (χ1) is 12.0. The van der Waals surface area contributed by atoms with Gasteiger partial charge in [-0.15, -0.1) is 12.4 Å².